The van der Waals surface area contributed by atoms with Gasteiger partial charge in [-0.1, -0.05) is 65.0 Å². The molecular formula is C20H24F2. The summed E-state index contributed by atoms with van der Waals surface area (Å²) in [5.74, 6) is -0.900. The fourth-order valence-electron chi connectivity index (χ4n) is 2.64. The van der Waals surface area contributed by atoms with E-state index in [1.54, 1.807) is 0 Å². The van der Waals surface area contributed by atoms with Crippen LogP contribution in [0.1, 0.15) is 51.3 Å². The maximum absolute atomic E-state index is 14.4. The molecule has 2 aromatic carbocycles. The Morgan fingerprint density at radius 1 is 0.773 bits per heavy atom. The van der Waals surface area contributed by atoms with Gasteiger partial charge in [0.25, 0.3) is 0 Å². The van der Waals surface area contributed by atoms with Crippen molar-refractivity contribution < 1.29 is 8.78 Å². The summed E-state index contributed by atoms with van der Waals surface area (Å²) >= 11 is 0. The highest BCUT2D eigenvalue weighted by Gasteiger charge is 2.26. The predicted molar refractivity (Wildman–Crippen MR) is 88.2 cm³/mol. The monoisotopic (exact) mass is 302 g/mol. The van der Waals surface area contributed by atoms with Crippen LogP contribution in [0, 0.1) is 11.6 Å². The van der Waals surface area contributed by atoms with Gasteiger partial charge in [-0.2, -0.15) is 0 Å². The lowest BCUT2D eigenvalue weighted by Gasteiger charge is -2.27. The lowest BCUT2D eigenvalue weighted by atomic mass is 9.78. The molecule has 0 heterocycles. The molecule has 0 saturated heterocycles. The van der Waals surface area contributed by atoms with Crippen molar-refractivity contribution in [3.05, 3.63) is 70.8 Å². The summed E-state index contributed by atoms with van der Waals surface area (Å²) in [6.45, 7) is 9.89. The number of hydrogen-bond acceptors (Lipinski definition) is 0. The minimum atomic E-state index is -0.450. The van der Waals surface area contributed by atoms with E-state index in [1.807, 2.05) is 65.0 Å². The van der Waals surface area contributed by atoms with E-state index in [2.05, 4.69) is 0 Å². The summed E-state index contributed by atoms with van der Waals surface area (Å²) in [6, 6.07) is 12.8. The molecule has 0 nitrogen and oxygen atoms in total. The molecule has 2 rings (SSSR count). The number of rotatable bonds is 3. The molecule has 0 aliphatic rings. The molecule has 0 spiro atoms. The third-order valence-corrected chi connectivity index (χ3v) is 4.18. The Kier molecular flexibility index (Phi) is 4.42. The Morgan fingerprint density at radius 3 is 1.73 bits per heavy atom. The van der Waals surface area contributed by atoms with E-state index in [0.29, 0.717) is 12.0 Å². The third kappa shape index (κ3) is 3.55. The summed E-state index contributed by atoms with van der Waals surface area (Å²) in [7, 11) is 0. The summed E-state index contributed by atoms with van der Waals surface area (Å²) in [5, 5.41) is 0. The topological polar surface area (TPSA) is 0 Å². The van der Waals surface area contributed by atoms with Crippen LogP contribution in [0.4, 0.5) is 8.78 Å². The Labute approximate surface area is 132 Å². The first-order valence-electron chi connectivity index (χ1n) is 7.65. The van der Waals surface area contributed by atoms with Crippen molar-refractivity contribution in [1.82, 2.24) is 0 Å². The highest BCUT2D eigenvalue weighted by molar-refractivity contribution is 5.34. The van der Waals surface area contributed by atoms with Crippen molar-refractivity contribution in [3.63, 3.8) is 0 Å². The van der Waals surface area contributed by atoms with E-state index in [-0.39, 0.29) is 16.4 Å². The van der Waals surface area contributed by atoms with E-state index in [4.69, 9.17) is 0 Å². The molecular weight excluding hydrogens is 278 g/mol. The van der Waals surface area contributed by atoms with Crippen molar-refractivity contribution in [2.24, 2.45) is 0 Å². The highest BCUT2D eigenvalue weighted by atomic mass is 19.1. The maximum Gasteiger partial charge on any atom is 0.129 e. The van der Waals surface area contributed by atoms with Crippen molar-refractivity contribution in [2.75, 3.05) is 0 Å². The summed E-state index contributed by atoms with van der Waals surface area (Å²) < 4.78 is 28.9. The molecule has 0 N–H and O–H groups in total. The predicted octanol–water partition coefficient (Wildman–Crippen LogP) is 5.78. The van der Waals surface area contributed by atoms with Crippen LogP contribution in [0.3, 0.4) is 0 Å². The van der Waals surface area contributed by atoms with E-state index in [0.717, 1.165) is 5.56 Å². The van der Waals surface area contributed by atoms with Crippen LogP contribution in [-0.2, 0) is 17.3 Å². The van der Waals surface area contributed by atoms with Crippen LogP contribution in [0.2, 0.25) is 0 Å². The number of hydrogen-bond donors (Lipinski definition) is 0. The van der Waals surface area contributed by atoms with Crippen LogP contribution < -0.4 is 0 Å². The van der Waals surface area contributed by atoms with Gasteiger partial charge in [0.2, 0.25) is 0 Å². The lowest BCUT2D eigenvalue weighted by molar-refractivity contribution is 0.469. The molecule has 0 bridgehead atoms. The third-order valence-electron chi connectivity index (χ3n) is 4.18. The molecule has 0 amide bonds. The van der Waals surface area contributed by atoms with Crippen LogP contribution in [0.5, 0.6) is 0 Å². The van der Waals surface area contributed by atoms with Crippen molar-refractivity contribution in [1.29, 1.82) is 0 Å². The zero-order chi connectivity index (χ0) is 16.5. The van der Waals surface area contributed by atoms with Crippen LogP contribution >= 0.6 is 0 Å². The minimum absolute atomic E-state index is 0.168. The summed E-state index contributed by atoms with van der Waals surface area (Å²) in [5.41, 5.74) is 1.33. The highest BCUT2D eigenvalue weighted by Crippen LogP contribution is 2.32. The normalized spacial score (nSPS) is 12.5. The van der Waals surface area contributed by atoms with Crippen LogP contribution in [0.15, 0.2) is 42.5 Å². The Morgan fingerprint density at radius 2 is 1.27 bits per heavy atom. The Hall–Kier alpha value is -1.70. The largest absolute Gasteiger partial charge is 0.207 e. The Bertz CT molecular complexity index is 626. The van der Waals surface area contributed by atoms with Crippen LogP contribution in [-0.4, -0.2) is 0 Å². The molecule has 0 aliphatic carbocycles. The first-order chi connectivity index (χ1) is 10.1. The zero-order valence-electron chi connectivity index (χ0n) is 14.0. The maximum atomic E-state index is 14.4. The Balaban J connectivity index is 2.38. The fraction of sp³-hybridized carbons (Fsp3) is 0.400. The summed E-state index contributed by atoms with van der Waals surface area (Å²) in [6.07, 6.45) is 0.332. The molecule has 0 aliphatic heterocycles. The van der Waals surface area contributed by atoms with E-state index < -0.39 is 11.6 Å². The first kappa shape index (κ1) is 16.7. The van der Waals surface area contributed by atoms with Gasteiger partial charge in [-0.05, 0) is 40.5 Å². The van der Waals surface area contributed by atoms with Crippen molar-refractivity contribution >= 4 is 0 Å². The van der Waals surface area contributed by atoms with Gasteiger partial charge in [-0.15, -0.1) is 0 Å². The average molecular weight is 302 g/mol. The van der Waals surface area contributed by atoms with Gasteiger partial charge >= 0.3 is 0 Å². The van der Waals surface area contributed by atoms with Gasteiger partial charge in [0.1, 0.15) is 11.6 Å². The van der Waals surface area contributed by atoms with Crippen molar-refractivity contribution in [2.45, 2.75) is 51.9 Å². The van der Waals surface area contributed by atoms with Crippen molar-refractivity contribution in [3.8, 4) is 0 Å². The van der Waals surface area contributed by atoms with Gasteiger partial charge in [-0.25, -0.2) is 8.78 Å². The van der Waals surface area contributed by atoms with Gasteiger partial charge in [0.15, 0.2) is 0 Å². The second-order valence-electron chi connectivity index (χ2n) is 7.60. The molecule has 22 heavy (non-hydrogen) atoms. The SMILES string of the molecule is CC(C)(C)c1cc(F)c(CC(C)(C)c2ccccc2)c(F)c1. The van der Waals surface area contributed by atoms with E-state index >= 15 is 0 Å². The minimum Gasteiger partial charge on any atom is -0.207 e. The summed E-state index contributed by atoms with van der Waals surface area (Å²) in [4.78, 5) is 0. The molecule has 0 atom stereocenters. The molecule has 0 saturated carbocycles. The lowest BCUT2D eigenvalue weighted by Crippen LogP contribution is -2.22. The molecule has 0 fully saturated rings. The smallest absolute Gasteiger partial charge is 0.129 e. The van der Waals surface area contributed by atoms with Gasteiger partial charge in [-0.3, -0.25) is 0 Å². The van der Waals surface area contributed by atoms with Gasteiger partial charge in [0, 0.05) is 5.56 Å². The molecule has 118 valence electrons. The van der Waals surface area contributed by atoms with Crippen LogP contribution in [0.25, 0.3) is 0 Å². The second-order valence-corrected chi connectivity index (χ2v) is 7.60. The number of halogens is 2. The zero-order valence-corrected chi connectivity index (χ0v) is 14.0. The van der Waals surface area contributed by atoms with Gasteiger partial charge in [0.05, 0.1) is 0 Å². The molecule has 0 aromatic heterocycles. The standard InChI is InChI=1S/C20H24F2/c1-19(2,3)15-11-17(21)16(18(22)12-15)13-20(4,5)14-9-7-6-8-10-14/h6-12H,13H2,1-5H3. The average Bonchev–Trinajstić information content (AvgIpc) is 2.42. The fourth-order valence-corrected chi connectivity index (χ4v) is 2.64. The molecule has 2 aromatic rings. The first-order valence-corrected chi connectivity index (χ1v) is 7.65. The van der Waals surface area contributed by atoms with E-state index in [1.165, 1.54) is 12.1 Å². The quantitative estimate of drug-likeness (QED) is 0.674. The molecule has 0 unspecified atom stereocenters. The van der Waals surface area contributed by atoms with Gasteiger partial charge < -0.3 is 0 Å². The van der Waals surface area contributed by atoms with E-state index in [9.17, 15) is 8.78 Å². The number of benzene rings is 2. The molecule has 0 radical (unpaired) electrons. The second kappa shape index (κ2) is 5.83. The molecule has 2 heteroatoms.